The summed E-state index contributed by atoms with van der Waals surface area (Å²) < 4.78 is 0. The molecule has 0 aromatic carbocycles. The van der Waals surface area contributed by atoms with Gasteiger partial charge in [-0.2, -0.15) is 12.6 Å². The molecule has 0 heterocycles. The lowest BCUT2D eigenvalue weighted by atomic mass is 10.2. The first-order valence-electron chi connectivity index (χ1n) is 10.7. The van der Waals surface area contributed by atoms with Gasteiger partial charge in [-0.3, -0.25) is 9.59 Å². The van der Waals surface area contributed by atoms with Crippen LogP contribution in [0.4, 0.5) is 0 Å². The van der Waals surface area contributed by atoms with Crippen LogP contribution in [0.15, 0.2) is 72.9 Å². The van der Waals surface area contributed by atoms with Crippen molar-refractivity contribution in [2.45, 2.75) is 64.3 Å². The molecular weight excluding hydrogens is 392 g/mol. The average molecular weight is 431 g/mol. The van der Waals surface area contributed by atoms with Crippen molar-refractivity contribution in [3.8, 4) is 0 Å². The van der Waals surface area contributed by atoms with Gasteiger partial charge in [-0.25, -0.2) is 0 Å². The van der Waals surface area contributed by atoms with Gasteiger partial charge in [0.05, 0.1) is 0 Å². The Morgan fingerprint density at radius 2 is 1.17 bits per heavy atom. The van der Waals surface area contributed by atoms with E-state index in [9.17, 15) is 9.59 Å². The van der Waals surface area contributed by atoms with Crippen molar-refractivity contribution in [3.05, 3.63) is 72.9 Å². The van der Waals surface area contributed by atoms with Crippen molar-refractivity contribution < 1.29 is 9.59 Å². The second-order valence-electron chi connectivity index (χ2n) is 6.66. The molecule has 3 N–H and O–H groups in total. The lowest BCUT2D eigenvalue weighted by Gasteiger charge is -2.11. The van der Waals surface area contributed by atoms with Gasteiger partial charge in [-0.05, 0) is 44.9 Å². The molecule has 0 radical (unpaired) electrons. The minimum Gasteiger partial charge on any atom is -0.368 e. The van der Waals surface area contributed by atoms with Gasteiger partial charge in [0.25, 0.3) is 0 Å². The number of primary amides is 1. The van der Waals surface area contributed by atoms with E-state index >= 15 is 0 Å². The molecule has 0 saturated heterocycles. The lowest BCUT2D eigenvalue weighted by molar-refractivity contribution is -0.126. The number of rotatable bonds is 17. The Balaban J connectivity index is 3.70. The Morgan fingerprint density at radius 1 is 0.767 bits per heavy atom. The Morgan fingerprint density at radius 3 is 1.53 bits per heavy atom. The van der Waals surface area contributed by atoms with Gasteiger partial charge < -0.3 is 11.1 Å². The summed E-state index contributed by atoms with van der Waals surface area (Å²) in [7, 11) is 0. The van der Waals surface area contributed by atoms with Gasteiger partial charge in [-0.15, -0.1) is 0 Å². The van der Waals surface area contributed by atoms with E-state index < -0.39 is 11.9 Å². The van der Waals surface area contributed by atoms with Crippen molar-refractivity contribution in [1.82, 2.24) is 5.32 Å². The quantitative estimate of drug-likeness (QED) is 0.215. The van der Waals surface area contributed by atoms with Crippen LogP contribution in [0.2, 0.25) is 0 Å². The van der Waals surface area contributed by atoms with Gasteiger partial charge in [0.2, 0.25) is 11.8 Å². The minimum atomic E-state index is -0.703. The number of nitrogens with two attached hydrogens (primary N) is 1. The largest absolute Gasteiger partial charge is 0.368 e. The van der Waals surface area contributed by atoms with Crippen molar-refractivity contribution in [1.29, 1.82) is 0 Å². The van der Waals surface area contributed by atoms with E-state index in [-0.39, 0.29) is 11.7 Å². The van der Waals surface area contributed by atoms with Crippen molar-refractivity contribution >= 4 is 24.4 Å². The van der Waals surface area contributed by atoms with Crippen LogP contribution in [0.5, 0.6) is 0 Å². The molecule has 0 aromatic heterocycles. The van der Waals surface area contributed by atoms with Gasteiger partial charge in [-0.1, -0.05) is 79.8 Å². The maximum absolute atomic E-state index is 11.7. The van der Waals surface area contributed by atoms with Crippen molar-refractivity contribution in [2.75, 3.05) is 5.75 Å². The first-order chi connectivity index (χ1) is 14.6. The van der Waals surface area contributed by atoms with Crippen molar-refractivity contribution in [2.24, 2.45) is 5.73 Å². The maximum Gasteiger partial charge on any atom is 0.240 e. The molecule has 4 nitrogen and oxygen atoms in total. The fourth-order valence-electron chi connectivity index (χ4n) is 2.33. The second kappa shape index (κ2) is 21.4. The highest BCUT2D eigenvalue weighted by molar-refractivity contribution is 7.80. The van der Waals surface area contributed by atoms with Crippen LogP contribution in [0.25, 0.3) is 0 Å². The predicted molar refractivity (Wildman–Crippen MR) is 132 cm³/mol. The summed E-state index contributed by atoms with van der Waals surface area (Å²) in [5.74, 6) is -0.541. The van der Waals surface area contributed by atoms with Crippen LogP contribution < -0.4 is 11.1 Å². The Bertz CT molecular complexity index is 631. The number of carbonyl (C=O) groups excluding carboxylic acids is 2. The van der Waals surface area contributed by atoms with Gasteiger partial charge in [0, 0.05) is 12.2 Å². The summed E-state index contributed by atoms with van der Waals surface area (Å²) in [6.45, 7) is 2.14. The lowest BCUT2D eigenvalue weighted by Crippen LogP contribution is -2.45. The SMILES string of the molecule is CC/C=C\C/C=C\C/C=C\C/C=C\C/C=C\C/C=C\CCC(=O)N[C@H](CS)C(N)=O. The number of hydrogen-bond donors (Lipinski definition) is 3. The monoisotopic (exact) mass is 430 g/mol. The normalized spacial score (nSPS) is 13.7. The first-order valence-corrected chi connectivity index (χ1v) is 11.3. The third-order valence-electron chi connectivity index (χ3n) is 4.00. The molecule has 0 aliphatic rings. The van der Waals surface area contributed by atoms with E-state index in [1.165, 1.54) is 0 Å². The Hall–Kier alpha value is -2.27. The molecule has 0 rings (SSSR count). The van der Waals surface area contributed by atoms with E-state index in [4.69, 9.17) is 5.73 Å². The highest BCUT2D eigenvalue weighted by Crippen LogP contribution is 1.98. The molecule has 0 spiro atoms. The molecule has 0 fully saturated rings. The number of allylic oxidation sites excluding steroid dienone is 12. The number of carbonyl (C=O) groups is 2. The third kappa shape index (κ3) is 19.1. The van der Waals surface area contributed by atoms with Gasteiger partial charge >= 0.3 is 0 Å². The molecule has 5 heteroatoms. The van der Waals surface area contributed by atoms with Crippen LogP contribution >= 0.6 is 12.6 Å². The molecule has 0 unspecified atom stereocenters. The number of amides is 2. The molecule has 30 heavy (non-hydrogen) atoms. The van der Waals surface area contributed by atoms with Crippen LogP contribution in [0.3, 0.4) is 0 Å². The highest BCUT2D eigenvalue weighted by atomic mass is 32.1. The Labute approximate surface area is 188 Å². The van der Waals surface area contributed by atoms with Crippen LogP contribution in [0.1, 0.15) is 58.3 Å². The molecule has 1 atom stereocenters. The van der Waals surface area contributed by atoms with Gasteiger partial charge in [0.1, 0.15) is 6.04 Å². The zero-order valence-electron chi connectivity index (χ0n) is 18.2. The molecule has 0 saturated carbocycles. The van der Waals surface area contributed by atoms with Gasteiger partial charge in [0.15, 0.2) is 0 Å². The average Bonchev–Trinajstić information content (AvgIpc) is 2.73. The summed E-state index contributed by atoms with van der Waals surface area (Å²) in [6.07, 6.45) is 32.5. The van der Waals surface area contributed by atoms with E-state index in [0.717, 1.165) is 38.5 Å². The van der Waals surface area contributed by atoms with E-state index in [1.54, 1.807) is 0 Å². The summed E-state index contributed by atoms with van der Waals surface area (Å²) in [4.78, 5) is 22.7. The molecule has 166 valence electrons. The van der Waals surface area contributed by atoms with E-state index in [0.29, 0.717) is 12.8 Å². The van der Waals surface area contributed by atoms with Crippen LogP contribution in [0, 0.1) is 0 Å². The number of thiol groups is 1. The third-order valence-corrected chi connectivity index (χ3v) is 4.36. The van der Waals surface area contributed by atoms with Crippen molar-refractivity contribution in [3.63, 3.8) is 0 Å². The summed E-state index contributed by atoms with van der Waals surface area (Å²) in [5.41, 5.74) is 5.16. The summed E-state index contributed by atoms with van der Waals surface area (Å²) in [6, 6.07) is -0.703. The molecule has 0 bridgehead atoms. The fraction of sp³-hybridized carbons (Fsp3) is 0.440. The highest BCUT2D eigenvalue weighted by Gasteiger charge is 2.15. The predicted octanol–water partition coefficient (Wildman–Crippen LogP) is 5.36. The first kappa shape index (κ1) is 27.7. The standard InChI is InChI=1S/C25H38N2O2S/c1-2-3-4-5-6-7-8-9-10-11-12-13-14-15-16-17-18-19-20-21-24(28)27-23(22-30)25(26)29/h3-4,6-7,9-10,12-13,15-16,18-19,23,30H,2,5,8,11,14,17,20-22H2,1H3,(H2,26,29)(H,27,28)/b4-3-,7-6-,10-9-,13-12-,16-15-,19-18-/t23-/m1/s1. The second-order valence-corrected chi connectivity index (χ2v) is 7.02. The zero-order chi connectivity index (χ0) is 22.3. The number of nitrogens with one attached hydrogen (secondary N) is 1. The molecule has 2 amide bonds. The summed E-state index contributed by atoms with van der Waals surface area (Å²) >= 11 is 3.99. The minimum absolute atomic E-state index is 0.188. The number of hydrogen-bond acceptors (Lipinski definition) is 3. The molecular formula is C25H38N2O2S. The van der Waals surface area contributed by atoms with Crippen LogP contribution in [-0.2, 0) is 9.59 Å². The maximum atomic E-state index is 11.7. The molecule has 0 aliphatic carbocycles. The zero-order valence-corrected chi connectivity index (χ0v) is 19.1. The molecule has 0 aliphatic heterocycles. The fourth-order valence-corrected chi connectivity index (χ4v) is 2.60. The smallest absolute Gasteiger partial charge is 0.240 e. The van der Waals surface area contributed by atoms with E-state index in [2.05, 4.69) is 85.6 Å². The van der Waals surface area contributed by atoms with E-state index in [1.807, 2.05) is 12.2 Å². The Kier molecular flexibility index (Phi) is 19.8. The topological polar surface area (TPSA) is 72.2 Å². The van der Waals surface area contributed by atoms with Crippen LogP contribution in [-0.4, -0.2) is 23.6 Å². The summed E-state index contributed by atoms with van der Waals surface area (Å²) in [5, 5.41) is 2.57. The molecule has 0 aromatic rings.